The second-order valence-corrected chi connectivity index (χ2v) is 7.18. The molecular weight excluding hydrogens is 298 g/mol. The fraction of sp³-hybridized carbons (Fsp3) is 0.400. The summed E-state index contributed by atoms with van der Waals surface area (Å²) in [7, 11) is 2.12. The Morgan fingerprint density at radius 1 is 1.21 bits per heavy atom. The number of fused-ring (bicyclic) bond motifs is 2. The largest absolute Gasteiger partial charge is 0.372 e. The lowest BCUT2D eigenvalue weighted by Crippen LogP contribution is -2.38. The van der Waals surface area contributed by atoms with Gasteiger partial charge in [-0.15, -0.1) is 0 Å². The van der Waals surface area contributed by atoms with Gasteiger partial charge >= 0.3 is 0 Å². The summed E-state index contributed by atoms with van der Waals surface area (Å²) in [6.45, 7) is 4.63. The number of carbonyl (C=O) groups excluding carboxylic acids is 1. The topological polar surface area (TPSA) is 36.4 Å². The molecule has 4 heteroatoms. The molecule has 0 unspecified atom stereocenters. The van der Waals surface area contributed by atoms with Crippen LogP contribution in [0.15, 0.2) is 42.6 Å². The molecule has 2 aromatic rings. The lowest BCUT2D eigenvalue weighted by atomic mass is 9.85. The number of aromatic nitrogens is 1. The number of benzene rings is 1. The Balaban J connectivity index is 1.53. The molecule has 0 N–H and O–H groups in total. The molecule has 0 saturated carbocycles. The number of likely N-dealkylation sites (N-methyl/N-ethyl adjacent to an activating group) is 1. The Kier molecular flexibility index (Phi) is 3.56. The molecule has 1 aromatic carbocycles. The third kappa shape index (κ3) is 2.37. The second-order valence-electron chi connectivity index (χ2n) is 7.18. The summed E-state index contributed by atoms with van der Waals surface area (Å²) in [6.07, 6.45) is 3.37. The Morgan fingerprint density at radius 3 is 2.88 bits per heavy atom. The van der Waals surface area contributed by atoms with Crippen molar-refractivity contribution in [1.29, 1.82) is 0 Å². The fourth-order valence-electron chi connectivity index (χ4n) is 4.22. The molecule has 3 heterocycles. The van der Waals surface area contributed by atoms with E-state index in [0.29, 0.717) is 6.42 Å². The van der Waals surface area contributed by atoms with Gasteiger partial charge in [-0.3, -0.25) is 9.78 Å². The molecule has 1 atom stereocenters. The Morgan fingerprint density at radius 2 is 2.04 bits per heavy atom. The Bertz CT molecular complexity index is 788. The minimum Gasteiger partial charge on any atom is -0.372 e. The molecule has 24 heavy (non-hydrogen) atoms. The average Bonchev–Trinajstić information content (AvgIpc) is 3.13. The van der Waals surface area contributed by atoms with Crippen LogP contribution in [0.3, 0.4) is 0 Å². The molecule has 0 radical (unpaired) electrons. The Labute approximate surface area is 143 Å². The normalized spacial score (nSPS) is 22.2. The summed E-state index contributed by atoms with van der Waals surface area (Å²) in [6, 6.07) is 12.3. The standard InChI is InChI=1S/C20H23N3O/c1-15-6-3-4-7-16(15)12-18(24)23-11-9-20(14-23)13-22(2)17-8-5-10-21-19(17)20/h3-8,10H,9,11-14H2,1-2H3/t20-/m1/s1. The Hall–Kier alpha value is -2.36. The van der Waals surface area contributed by atoms with Crippen molar-refractivity contribution in [3.8, 4) is 0 Å². The molecule has 124 valence electrons. The van der Waals surface area contributed by atoms with Crippen LogP contribution in [-0.4, -0.2) is 42.5 Å². The molecule has 1 aromatic heterocycles. The minimum atomic E-state index is 0.00668. The molecule has 1 fully saturated rings. The number of carbonyl (C=O) groups is 1. The van der Waals surface area contributed by atoms with E-state index in [2.05, 4.69) is 42.1 Å². The van der Waals surface area contributed by atoms with Crippen LogP contribution in [0.2, 0.25) is 0 Å². The van der Waals surface area contributed by atoms with Gasteiger partial charge in [0.2, 0.25) is 5.91 Å². The summed E-state index contributed by atoms with van der Waals surface area (Å²) in [4.78, 5) is 21.8. The quantitative estimate of drug-likeness (QED) is 0.853. The number of pyridine rings is 1. The zero-order chi connectivity index (χ0) is 16.7. The highest BCUT2D eigenvalue weighted by molar-refractivity contribution is 5.80. The van der Waals surface area contributed by atoms with Crippen LogP contribution >= 0.6 is 0 Å². The van der Waals surface area contributed by atoms with Crippen molar-refractivity contribution in [2.45, 2.75) is 25.2 Å². The van der Waals surface area contributed by atoms with E-state index in [1.807, 2.05) is 29.3 Å². The number of amides is 1. The van der Waals surface area contributed by atoms with Crippen LogP contribution < -0.4 is 4.90 Å². The second kappa shape index (κ2) is 5.62. The molecule has 0 aliphatic carbocycles. The highest BCUT2D eigenvalue weighted by atomic mass is 16.2. The van der Waals surface area contributed by atoms with Crippen molar-refractivity contribution in [2.75, 3.05) is 31.6 Å². The SMILES string of the molecule is Cc1ccccc1CC(=O)N1CC[C@]2(C1)CN(C)c1cccnc12. The number of rotatable bonds is 2. The van der Waals surface area contributed by atoms with Gasteiger partial charge < -0.3 is 9.80 Å². The molecule has 1 amide bonds. The number of aryl methyl sites for hydroxylation is 1. The van der Waals surface area contributed by atoms with E-state index in [9.17, 15) is 4.79 Å². The van der Waals surface area contributed by atoms with Crippen LogP contribution in [0.25, 0.3) is 0 Å². The minimum absolute atomic E-state index is 0.00668. The summed E-state index contributed by atoms with van der Waals surface area (Å²) in [5.74, 6) is 0.230. The van der Waals surface area contributed by atoms with Crippen LogP contribution in [0, 0.1) is 6.92 Å². The average molecular weight is 321 g/mol. The predicted molar refractivity (Wildman–Crippen MR) is 95.3 cm³/mol. The highest BCUT2D eigenvalue weighted by Gasteiger charge is 2.48. The fourth-order valence-corrected chi connectivity index (χ4v) is 4.22. The lowest BCUT2D eigenvalue weighted by Gasteiger charge is -2.24. The van der Waals surface area contributed by atoms with Crippen molar-refractivity contribution in [3.63, 3.8) is 0 Å². The summed E-state index contributed by atoms with van der Waals surface area (Å²) in [5.41, 5.74) is 4.70. The first kappa shape index (κ1) is 15.2. The van der Waals surface area contributed by atoms with Gasteiger partial charge in [0, 0.05) is 32.9 Å². The van der Waals surface area contributed by atoms with E-state index in [1.54, 1.807) is 0 Å². The zero-order valence-electron chi connectivity index (χ0n) is 14.3. The summed E-state index contributed by atoms with van der Waals surface area (Å²) < 4.78 is 0. The van der Waals surface area contributed by atoms with E-state index in [0.717, 1.165) is 31.6 Å². The van der Waals surface area contributed by atoms with E-state index in [1.165, 1.54) is 16.9 Å². The van der Waals surface area contributed by atoms with Gasteiger partial charge in [-0.2, -0.15) is 0 Å². The molecule has 4 rings (SSSR count). The molecule has 1 spiro atoms. The van der Waals surface area contributed by atoms with Crippen molar-refractivity contribution in [1.82, 2.24) is 9.88 Å². The van der Waals surface area contributed by atoms with E-state index < -0.39 is 0 Å². The van der Waals surface area contributed by atoms with E-state index in [4.69, 9.17) is 0 Å². The third-order valence-corrected chi connectivity index (χ3v) is 5.55. The molecule has 2 aliphatic rings. The van der Waals surface area contributed by atoms with Gasteiger partial charge in [-0.25, -0.2) is 0 Å². The monoisotopic (exact) mass is 321 g/mol. The maximum Gasteiger partial charge on any atom is 0.227 e. The number of likely N-dealkylation sites (tertiary alicyclic amines) is 1. The maximum absolute atomic E-state index is 12.8. The number of anilines is 1. The van der Waals surface area contributed by atoms with Crippen LogP contribution in [0.4, 0.5) is 5.69 Å². The maximum atomic E-state index is 12.8. The molecule has 1 saturated heterocycles. The number of hydrogen-bond acceptors (Lipinski definition) is 3. The summed E-state index contributed by atoms with van der Waals surface area (Å²) >= 11 is 0. The molecule has 2 aliphatic heterocycles. The molecule has 4 nitrogen and oxygen atoms in total. The molecule has 0 bridgehead atoms. The van der Waals surface area contributed by atoms with Gasteiger partial charge in [0.25, 0.3) is 0 Å². The molecular formula is C20H23N3O. The number of hydrogen-bond donors (Lipinski definition) is 0. The highest BCUT2D eigenvalue weighted by Crippen LogP contribution is 2.44. The zero-order valence-corrected chi connectivity index (χ0v) is 14.3. The predicted octanol–water partition coefficient (Wildman–Crippen LogP) is 2.55. The van der Waals surface area contributed by atoms with Crippen LogP contribution in [0.5, 0.6) is 0 Å². The van der Waals surface area contributed by atoms with Crippen molar-refractivity contribution >= 4 is 11.6 Å². The smallest absolute Gasteiger partial charge is 0.227 e. The first-order valence-electron chi connectivity index (χ1n) is 8.58. The van der Waals surface area contributed by atoms with Gasteiger partial charge in [0.15, 0.2) is 0 Å². The van der Waals surface area contributed by atoms with E-state index in [-0.39, 0.29) is 11.3 Å². The summed E-state index contributed by atoms with van der Waals surface area (Å²) in [5, 5.41) is 0. The third-order valence-electron chi connectivity index (χ3n) is 5.55. The van der Waals surface area contributed by atoms with Crippen molar-refractivity contribution in [2.24, 2.45) is 0 Å². The van der Waals surface area contributed by atoms with Gasteiger partial charge in [-0.05, 0) is 36.6 Å². The van der Waals surface area contributed by atoms with Gasteiger partial charge in [0.1, 0.15) is 0 Å². The first-order valence-corrected chi connectivity index (χ1v) is 8.58. The van der Waals surface area contributed by atoms with Gasteiger partial charge in [0.05, 0.1) is 23.2 Å². The van der Waals surface area contributed by atoms with Gasteiger partial charge in [-0.1, -0.05) is 24.3 Å². The van der Waals surface area contributed by atoms with Crippen LogP contribution in [-0.2, 0) is 16.6 Å². The van der Waals surface area contributed by atoms with E-state index >= 15 is 0 Å². The lowest BCUT2D eigenvalue weighted by molar-refractivity contribution is -0.129. The first-order chi connectivity index (χ1) is 11.6. The van der Waals surface area contributed by atoms with Crippen molar-refractivity contribution < 1.29 is 4.79 Å². The van der Waals surface area contributed by atoms with Crippen LogP contribution in [0.1, 0.15) is 23.2 Å². The van der Waals surface area contributed by atoms with Crippen molar-refractivity contribution in [3.05, 3.63) is 59.4 Å². The number of nitrogens with zero attached hydrogens (tertiary/aromatic N) is 3.